The van der Waals surface area contributed by atoms with Crippen molar-refractivity contribution in [3.8, 4) is 0 Å². The molecule has 5 N–H and O–H groups in total. The van der Waals surface area contributed by atoms with Crippen LogP contribution in [-0.2, 0) is 16.0 Å². The number of carbonyl (C=O) groups is 2. The molecule has 26 heavy (non-hydrogen) atoms. The molecule has 0 aliphatic carbocycles. The van der Waals surface area contributed by atoms with Gasteiger partial charge in [0.05, 0.1) is 6.42 Å². The van der Waals surface area contributed by atoms with E-state index < -0.39 is 0 Å². The zero-order valence-corrected chi connectivity index (χ0v) is 15.2. The summed E-state index contributed by atoms with van der Waals surface area (Å²) in [5.41, 5.74) is 11.5. The Kier molecular flexibility index (Phi) is 7.92. The van der Waals surface area contributed by atoms with E-state index in [1.807, 2.05) is 35.2 Å². The SMILES string of the molecule is NC(N)=NCCCCCC(=O)NC1CCN(C(=O)Cc2ccccc2)C1. The molecule has 1 aromatic carbocycles. The predicted octanol–water partition coefficient (Wildman–Crippen LogP) is 0.780. The number of nitrogens with one attached hydrogen (secondary N) is 1. The van der Waals surface area contributed by atoms with Crippen molar-refractivity contribution >= 4 is 17.8 Å². The van der Waals surface area contributed by atoms with Crippen molar-refractivity contribution < 1.29 is 9.59 Å². The Morgan fingerprint density at radius 3 is 2.65 bits per heavy atom. The van der Waals surface area contributed by atoms with Crippen LogP contribution in [0.3, 0.4) is 0 Å². The van der Waals surface area contributed by atoms with Crippen LogP contribution in [0.25, 0.3) is 0 Å². The van der Waals surface area contributed by atoms with Crippen molar-refractivity contribution in [2.45, 2.75) is 44.6 Å². The van der Waals surface area contributed by atoms with Gasteiger partial charge < -0.3 is 21.7 Å². The summed E-state index contributed by atoms with van der Waals surface area (Å²) in [6, 6.07) is 9.79. The second kappa shape index (κ2) is 10.4. The van der Waals surface area contributed by atoms with E-state index >= 15 is 0 Å². The molecule has 7 heteroatoms. The molecule has 0 bridgehead atoms. The average Bonchev–Trinajstić information content (AvgIpc) is 3.07. The molecule has 1 aliphatic heterocycles. The molecular weight excluding hydrogens is 330 g/mol. The lowest BCUT2D eigenvalue weighted by Crippen LogP contribution is -2.38. The van der Waals surface area contributed by atoms with Gasteiger partial charge in [0.25, 0.3) is 0 Å². The number of hydrogen-bond acceptors (Lipinski definition) is 3. The number of likely N-dealkylation sites (tertiary alicyclic amines) is 1. The van der Waals surface area contributed by atoms with Gasteiger partial charge >= 0.3 is 0 Å². The predicted molar refractivity (Wildman–Crippen MR) is 102 cm³/mol. The zero-order chi connectivity index (χ0) is 18.8. The number of nitrogens with two attached hydrogens (primary N) is 2. The minimum absolute atomic E-state index is 0.0502. The molecule has 0 aromatic heterocycles. The van der Waals surface area contributed by atoms with Gasteiger partial charge in [-0.2, -0.15) is 0 Å². The normalized spacial score (nSPS) is 16.3. The quantitative estimate of drug-likeness (QED) is 0.343. The summed E-state index contributed by atoms with van der Waals surface area (Å²) in [7, 11) is 0. The third-order valence-corrected chi connectivity index (χ3v) is 4.46. The van der Waals surface area contributed by atoms with Crippen molar-refractivity contribution in [3.63, 3.8) is 0 Å². The van der Waals surface area contributed by atoms with E-state index in [0.717, 1.165) is 31.2 Å². The Balaban J connectivity index is 1.61. The van der Waals surface area contributed by atoms with Crippen LogP contribution in [0.2, 0.25) is 0 Å². The van der Waals surface area contributed by atoms with Gasteiger partial charge in [0.15, 0.2) is 5.96 Å². The second-order valence-corrected chi connectivity index (χ2v) is 6.67. The lowest BCUT2D eigenvalue weighted by atomic mass is 10.1. The highest BCUT2D eigenvalue weighted by molar-refractivity contribution is 5.80. The summed E-state index contributed by atoms with van der Waals surface area (Å²) in [4.78, 5) is 30.1. The largest absolute Gasteiger partial charge is 0.370 e. The highest BCUT2D eigenvalue weighted by Gasteiger charge is 2.26. The van der Waals surface area contributed by atoms with Crippen LogP contribution >= 0.6 is 0 Å². The summed E-state index contributed by atoms with van der Waals surface area (Å²) < 4.78 is 0. The average molecular weight is 359 g/mol. The van der Waals surface area contributed by atoms with E-state index in [2.05, 4.69) is 10.3 Å². The molecule has 1 fully saturated rings. The maximum Gasteiger partial charge on any atom is 0.227 e. The fourth-order valence-corrected chi connectivity index (χ4v) is 3.07. The number of nitrogens with zero attached hydrogens (tertiary/aromatic N) is 2. The molecule has 2 amide bonds. The smallest absolute Gasteiger partial charge is 0.227 e. The van der Waals surface area contributed by atoms with Gasteiger partial charge in [-0.25, -0.2) is 0 Å². The molecule has 0 spiro atoms. The van der Waals surface area contributed by atoms with Crippen LogP contribution in [0.5, 0.6) is 0 Å². The summed E-state index contributed by atoms with van der Waals surface area (Å²) in [6.45, 7) is 1.90. The van der Waals surface area contributed by atoms with Crippen molar-refractivity contribution in [3.05, 3.63) is 35.9 Å². The number of guanidine groups is 1. The molecule has 1 aliphatic rings. The van der Waals surface area contributed by atoms with E-state index in [-0.39, 0.29) is 23.8 Å². The van der Waals surface area contributed by atoms with Gasteiger partial charge in [-0.05, 0) is 24.8 Å². The first-order chi connectivity index (χ1) is 12.5. The van der Waals surface area contributed by atoms with Crippen molar-refractivity contribution in [1.82, 2.24) is 10.2 Å². The standard InChI is InChI=1S/C19H29N5O2/c20-19(21)22-11-6-2-5-9-17(25)23-16-10-12-24(14-16)18(26)13-15-7-3-1-4-8-15/h1,3-4,7-8,16H,2,5-6,9-14H2,(H,23,25)(H4,20,21,22). The van der Waals surface area contributed by atoms with Crippen LogP contribution in [0.1, 0.15) is 37.7 Å². The first kappa shape index (κ1) is 19.8. The van der Waals surface area contributed by atoms with Crippen LogP contribution in [0, 0.1) is 0 Å². The first-order valence-corrected chi connectivity index (χ1v) is 9.21. The Labute approximate surface area is 154 Å². The van der Waals surface area contributed by atoms with Crippen LogP contribution < -0.4 is 16.8 Å². The number of hydrogen-bond donors (Lipinski definition) is 3. The monoisotopic (exact) mass is 359 g/mol. The number of unbranched alkanes of at least 4 members (excludes halogenated alkanes) is 2. The summed E-state index contributed by atoms with van der Waals surface area (Å²) in [5.74, 6) is 0.275. The molecule has 1 heterocycles. The van der Waals surface area contributed by atoms with Gasteiger partial charge in [0.2, 0.25) is 11.8 Å². The molecule has 0 radical (unpaired) electrons. The van der Waals surface area contributed by atoms with E-state index in [1.54, 1.807) is 0 Å². The molecule has 1 atom stereocenters. The third kappa shape index (κ3) is 7.13. The molecule has 1 aromatic rings. The molecule has 142 valence electrons. The summed E-state index contributed by atoms with van der Waals surface area (Å²) >= 11 is 0. The van der Waals surface area contributed by atoms with Crippen LogP contribution in [0.4, 0.5) is 0 Å². The van der Waals surface area contributed by atoms with Gasteiger partial charge in [0.1, 0.15) is 0 Å². The number of amides is 2. The highest BCUT2D eigenvalue weighted by atomic mass is 16.2. The zero-order valence-electron chi connectivity index (χ0n) is 15.2. The first-order valence-electron chi connectivity index (χ1n) is 9.21. The maximum absolute atomic E-state index is 12.4. The Morgan fingerprint density at radius 1 is 1.15 bits per heavy atom. The minimum Gasteiger partial charge on any atom is -0.370 e. The minimum atomic E-state index is 0.0502. The second-order valence-electron chi connectivity index (χ2n) is 6.67. The topological polar surface area (TPSA) is 114 Å². The fraction of sp³-hybridized carbons (Fsp3) is 0.526. The van der Waals surface area contributed by atoms with Crippen molar-refractivity contribution in [1.29, 1.82) is 0 Å². The number of rotatable bonds is 9. The van der Waals surface area contributed by atoms with Crippen LogP contribution in [-0.4, -0.2) is 48.3 Å². The van der Waals surface area contributed by atoms with Crippen molar-refractivity contribution in [2.24, 2.45) is 16.5 Å². The third-order valence-electron chi connectivity index (χ3n) is 4.46. The Morgan fingerprint density at radius 2 is 1.92 bits per heavy atom. The van der Waals surface area contributed by atoms with E-state index in [9.17, 15) is 9.59 Å². The molecule has 7 nitrogen and oxygen atoms in total. The maximum atomic E-state index is 12.4. The fourth-order valence-electron chi connectivity index (χ4n) is 3.07. The lowest BCUT2D eigenvalue weighted by Gasteiger charge is -2.17. The summed E-state index contributed by atoms with van der Waals surface area (Å²) in [6.07, 6.45) is 4.33. The van der Waals surface area contributed by atoms with E-state index in [0.29, 0.717) is 32.5 Å². The van der Waals surface area contributed by atoms with Gasteiger partial charge in [0, 0.05) is 32.1 Å². The molecule has 2 rings (SSSR count). The van der Waals surface area contributed by atoms with Crippen LogP contribution in [0.15, 0.2) is 35.3 Å². The molecule has 0 saturated carbocycles. The van der Waals surface area contributed by atoms with Gasteiger partial charge in [-0.1, -0.05) is 36.8 Å². The lowest BCUT2D eigenvalue weighted by molar-refractivity contribution is -0.130. The number of carbonyl (C=O) groups excluding carboxylic acids is 2. The Bertz CT molecular complexity index is 614. The molecule has 1 saturated heterocycles. The van der Waals surface area contributed by atoms with Gasteiger partial charge in [-0.15, -0.1) is 0 Å². The van der Waals surface area contributed by atoms with Gasteiger partial charge in [-0.3, -0.25) is 14.6 Å². The van der Waals surface area contributed by atoms with E-state index in [4.69, 9.17) is 11.5 Å². The number of aliphatic imine (C=N–C) groups is 1. The number of benzene rings is 1. The molecule has 1 unspecified atom stereocenters. The highest BCUT2D eigenvalue weighted by Crippen LogP contribution is 2.12. The van der Waals surface area contributed by atoms with E-state index in [1.165, 1.54) is 0 Å². The Hall–Kier alpha value is -2.57. The van der Waals surface area contributed by atoms with Crippen molar-refractivity contribution in [2.75, 3.05) is 19.6 Å². The summed E-state index contributed by atoms with van der Waals surface area (Å²) in [5, 5.41) is 3.04. The molecular formula is C19H29N5O2.